The van der Waals surface area contributed by atoms with Crippen LogP contribution < -0.4 is 4.90 Å². The van der Waals surface area contributed by atoms with Gasteiger partial charge in [-0.2, -0.15) is 13.2 Å². The van der Waals surface area contributed by atoms with Crippen LogP contribution in [0.1, 0.15) is 0 Å². The summed E-state index contributed by atoms with van der Waals surface area (Å²) in [5, 5.41) is -0.191. The maximum Gasteiger partial charge on any atom is 0.501 e. The number of alkyl halides is 3. The Bertz CT molecular complexity index is 1040. The van der Waals surface area contributed by atoms with Crippen molar-refractivity contribution >= 4 is 39.1 Å². The van der Waals surface area contributed by atoms with Crippen molar-refractivity contribution in [2.24, 2.45) is 0 Å². The lowest BCUT2D eigenvalue weighted by atomic mass is 10.1. The van der Waals surface area contributed by atoms with E-state index in [1.807, 2.05) is 0 Å². The molecule has 29 heavy (non-hydrogen) atoms. The molecule has 0 atom stereocenters. The molecule has 0 N–H and O–H groups in total. The number of anilines is 1. The van der Waals surface area contributed by atoms with Gasteiger partial charge < -0.3 is 14.4 Å². The van der Waals surface area contributed by atoms with Crippen LogP contribution in [0.2, 0.25) is 5.02 Å². The summed E-state index contributed by atoms with van der Waals surface area (Å²) in [5.74, 6) is -1.98. The largest absolute Gasteiger partial charge is 0.501 e. The van der Waals surface area contributed by atoms with Gasteiger partial charge in [0.1, 0.15) is 5.70 Å². The highest BCUT2D eigenvalue weighted by Crippen LogP contribution is 2.37. The topological polar surface area (TPSA) is 90.0 Å². The number of ether oxygens (including phenoxy) is 2. The molecule has 0 saturated heterocycles. The van der Waals surface area contributed by atoms with Crippen molar-refractivity contribution in [2.75, 3.05) is 19.1 Å². The van der Waals surface area contributed by atoms with Crippen LogP contribution in [-0.4, -0.2) is 40.1 Å². The second-order valence-electron chi connectivity index (χ2n) is 5.38. The second kappa shape index (κ2) is 8.29. The molecular formula is C17H13ClF3NO6S. The molecule has 0 aliphatic carbocycles. The molecule has 1 aromatic carbocycles. The lowest BCUT2D eigenvalue weighted by Crippen LogP contribution is -2.28. The van der Waals surface area contributed by atoms with Crippen molar-refractivity contribution in [3.05, 3.63) is 58.9 Å². The number of carbonyl (C=O) groups is 2. The third kappa shape index (κ3) is 4.30. The van der Waals surface area contributed by atoms with E-state index >= 15 is 0 Å². The monoisotopic (exact) mass is 451 g/mol. The molecule has 12 heteroatoms. The zero-order valence-electron chi connectivity index (χ0n) is 14.9. The molecule has 0 spiro atoms. The number of halogens is 4. The number of benzene rings is 1. The van der Waals surface area contributed by atoms with E-state index in [1.165, 1.54) is 24.4 Å². The first-order chi connectivity index (χ1) is 13.5. The fraction of sp³-hybridized carbons (Fsp3) is 0.176. The van der Waals surface area contributed by atoms with Crippen molar-refractivity contribution in [3.63, 3.8) is 0 Å². The van der Waals surface area contributed by atoms with Crippen molar-refractivity contribution in [1.82, 2.24) is 0 Å². The van der Waals surface area contributed by atoms with Gasteiger partial charge in [-0.3, -0.25) is 0 Å². The molecule has 0 bridgehead atoms. The average molecular weight is 452 g/mol. The van der Waals surface area contributed by atoms with Crippen LogP contribution >= 0.6 is 11.6 Å². The smallest absolute Gasteiger partial charge is 0.465 e. The number of carbonyl (C=O) groups excluding carboxylic acids is 2. The Kier molecular flexibility index (Phi) is 6.43. The molecule has 1 aromatic rings. The summed E-state index contributed by atoms with van der Waals surface area (Å²) in [7, 11) is -3.61. The standard InChI is InChI=1S/C17H13ClF3NO6S/c1-27-15(23)11-5-3-4-8-22(14(11)16(24)28-2)13-9-10(6-7-12(13)18)29(25,26)17(19,20)21/h3-9H,1-2H3. The molecule has 7 nitrogen and oxygen atoms in total. The Morgan fingerprint density at radius 3 is 2.24 bits per heavy atom. The third-order valence-corrected chi connectivity index (χ3v) is 5.48. The summed E-state index contributed by atoms with van der Waals surface area (Å²) in [6, 6.07) is 2.24. The van der Waals surface area contributed by atoms with E-state index in [1.54, 1.807) is 0 Å². The minimum atomic E-state index is -5.69. The van der Waals surface area contributed by atoms with Crippen LogP contribution in [0.3, 0.4) is 0 Å². The summed E-state index contributed by atoms with van der Waals surface area (Å²) in [4.78, 5) is 24.3. The van der Waals surface area contributed by atoms with Crippen LogP contribution in [-0.2, 0) is 28.9 Å². The summed E-state index contributed by atoms with van der Waals surface area (Å²) >= 11 is 6.06. The molecule has 0 radical (unpaired) electrons. The fourth-order valence-electron chi connectivity index (χ4n) is 2.33. The van der Waals surface area contributed by atoms with Crippen LogP contribution in [0, 0.1) is 0 Å². The quantitative estimate of drug-likeness (QED) is 0.650. The summed E-state index contributed by atoms with van der Waals surface area (Å²) < 4.78 is 71.6. The van der Waals surface area contributed by atoms with Gasteiger partial charge >= 0.3 is 17.4 Å². The van der Waals surface area contributed by atoms with Crippen LogP contribution in [0.25, 0.3) is 0 Å². The lowest BCUT2D eigenvalue weighted by molar-refractivity contribution is -0.139. The van der Waals surface area contributed by atoms with E-state index in [0.29, 0.717) is 12.1 Å². The van der Waals surface area contributed by atoms with E-state index in [0.717, 1.165) is 25.2 Å². The Hall–Kier alpha value is -2.79. The molecule has 2 rings (SSSR count). The SMILES string of the molecule is COC(=O)C1=C(C(=O)OC)N(c2cc(S(=O)(=O)C(F)(F)F)ccc2Cl)C=CC=C1. The normalized spacial score (nSPS) is 14.6. The van der Waals surface area contributed by atoms with Gasteiger partial charge in [0.15, 0.2) is 0 Å². The summed E-state index contributed by atoms with van der Waals surface area (Å²) in [5.41, 5.74) is -6.58. The van der Waals surface area contributed by atoms with Crippen molar-refractivity contribution in [2.45, 2.75) is 10.4 Å². The Balaban J connectivity index is 2.79. The molecule has 1 aliphatic rings. The Morgan fingerprint density at radius 2 is 1.69 bits per heavy atom. The first-order valence-corrected chi connectivity index (χ1v) is 9.47. The number of hydrogen-bond acceptors (Lipinski definition) is 7. The first kappa shape index (κ1) is 22.5. The molecule has 1 heterocycles. The highest BCUT2D eigenvalue weighted by Gasteiger charge is 2.47. The number of sulfone groups is 1. The molecule has 0 amide bonds. The number of nitrogens with zero attached hydrogens (tertiary/aromatic N) is 1. The van der Waals surface area contributed by atoms with E-state index in [9.17, 15) is 31.2 Å². The predicted molar refractivity (Wildman–Crippen MR) is 96.5 cm³/mol. The maximum absolute atomic E-state index is 12.9. The number of methoxy groups -OCH3 is 2. The average Bonchev–Trinajstić information content (AvgIpc) is 2.88. The minimum Gasteiger partial charge on any atom is -0.465 e. The molecule has 0 fully saturated rings. The molecule has 0 saturated carbocycles. The van der Waals surface area contributed by atoms with E-state index in [-0.39, 0.29) is 16.3 Å². The van der Waals surface area contributed by atoms with Crippen molar-refractivity contribution in [1.29, 1.82) is 0 Å². The summed E-state index contributed by atoms with van der Waals surface area (Å²) in [6.07, 6.45) is 5.13. The summed E-state index contributed by atoms with van der Waals surface area (Å²) in [6.45, 7) is 0. The zero-order valence-corrected chi connectivity index (χ0v) is 16.4. The van der Waals surface area contributed by atoms with Gasteiger partial charge in [0.05, 0.1) is 35.4 Å². The number of allylic oxidation sites excluding steroid dienone is 2. The number of esters is 2. The van der Waals surface area contributed by atoms with Gasteiger partial charge in [0.25, 0.3) is 9.84 Å². The third-order valence-electron chi connectivity index (χ3n) is 3.68. The molecule has 0 aromatic heterocycles. The lowest BCUT2D eigenvalue weighted by Gasteiger charge is -2.24. The van der Waals surface area contributed by atoms with Gasteiger partial charge in [0, 0.05) is 6.20 Å². The minimum absolute atomic E-state index is 0.191. The van der Waals surface area contributed by atoms with E-state index in [4.69, 9.17) is 11.6 Å². The van der Waals surface area contributed by atoms with Gasteiger partial charge in [0.2, 0.25) is 0 Å². The molecular weight excluding hydrogens is 439 g/mol. The Labute approximate surface area is 168 Å². The highest BCUT2D eigenvalue weighted by molar-refractivity contribution is 7.92. The van der Waals surface area contributed by atoms with Gasteiger partial charge in [-0.05, 0) is 30.4 Å². The molecule has 1 aliphatic heterocycles. The zero-order chi connectivity index (χ0) is 22.0. The second-order valence-corrected chi connectivity index (χ2v) is 7.73. The van der Waals surface area contributed by atoms with Crippen LogP contribution in [0.4, 0.5) is 18.9 Å². The molecule has 156 valence electrons. The van der Waals surface area contributed by atoms with Gasteiger partial charge in [-0.25, -0.2) is 18.0 Å². The highest BCUT2D eigenvalue weighted by atomic mass is 35.5. The Morgan fingerprint density at radius 1 is 1.07 bits per heavy atom. The number of hydrogen-bond donors (Lipinski definition) is 0. The fourth-order valence-corrected chi connectivity index (χ4v) is 3.32. The van der Waals surface area contributed by atoms with E-state index < -0.39 is 37.9 Å². The predicted octanol–water partition coefficient (Wildman–Crippen LogP) is 3.12. The van der Waals surface area contributed by atoms with Gasteiger partial charge in [-0.15, -0.1) is 0 Å². The maximum atomic E-state index is 12.9. The molecule has 0 unspecified atom stereocenters. The van der Waals surface area contributed by atoms with Crippen LogP contribution in [0.15, 0.2) is 58.8 Å². The van der Waals surface area contributed by atoms with Gasteiger partial charge in [-0.1, -0.05) is 17.7 Å². The van der Waals surface area contributed by atoms with Crippen molar-refractivity contribution in [3.8, 4) is 0 Å². The van der Waals surface area contributed by atoms with Crippen molar-refractivity contribution < 1.29 is 40.7 Å². The van der Waals surface area contributed by atoms with Crippen LogP contribution in [0.5, 0.6) is 0 Å². The van der Waals surface area contributed by atoms with E-state index in [2.05, 4.69) is 9.47 Å². The number of rotatable bonds is 4. The first-order valence-electron chi connectivity index (χ1n) is 7.61.